The van der Waals surface area contributed by atoms with Crippen molar-refractivity contribution in [3.8, 4) is 5.88 Å². The molecule has 0 amide bonds. The van der Waals surface area contributed by atoms with Crippen LogP contribution in [0.5, 0.6) is 5.88 Å². The number of hydrogen-bond acceptors (Lipinski definition) is 6. The van der Waals surface area contributed by atoms with Crippen LogP contribution in [0, 0.1) is 34.5 Å². The molecule has 1 spiro atoms. The van der Waals surface area contributed by atoms with Crippen molar-refractivity contribution in [2.24, 2.45) is 34.5 Å². The molecule has 0 unspecified atom stereocenters. The van der Waals surface area contributed by atoms with Gasteiger partial charge in [0.2, 0.25) is 5.88 Å². The van der Waals surface area contributed by atoms with Crippen molar-refractivity contribution < 1.29 is 38.0 Å². The lowest BCUT2D eigenvalue weighted by atomic mass is 9.59. The van der Waals surface area contributed by atoms with Crippen molar-refractivity contribution >= 4 is 5.78 Å². The summed E-state index contributed by atoms with van der Waals surface area (Å²) in [5.41, 5.74) is -4.51. The maximum Gasteiger partial charge on any atom is 0.433 e. The van der Waals surface area contributed by atoms with E-state index in [9.17, 15) is 33.3 Å². The number of pyridine rings is 1. The zero-order valence-corrected chi connectivity index (χ0v) is 20.0. The Balaban J connectivity index is 1.65. The molecule has 2 bridgehead atoms. The van der Waals surface area contributed by atoms with Crippen molar-refractivity contribution in [3.05, 3.63) is 47.2 Å². The normalized spacial score (nSPS) is 41.7. The number of rotatable bonds is 3. The number of halogens is 3. The average molecular weight is 494 g/mol. The van der Waals surface area contributed by atoms with Gasteiger partial charge in [0.25, 0.3) is 0 Å². The SMILES string of the molecule is CC1=C[C@]23C(=O)[C@@H](C=C(CO)[C@@H](O)[C@]2(O)[C@H]1Oc1cccc(C(F)(F)F)n1)[C@H]1[C@@H](C[C@H]3C)C1(C)C. The molecule has 1 aromatic heterocycles. The molecule has 0 aromatic carbocycles. The van der Waals surface area contributed by atoms with Gasteiger partial charge in [-0.05, 0) is 53.7 Å². The molecule has 190 valence electrons. The maximum absolute atomic E-state index is 14.3. The van der Waals surface area contributed by atoms with Gasteiger partial charge < -0.3 is 20.1 Å². The third-order valence-electron chi connectivity index (χ3n) is 9.15. The first-order valence-corrected chi connectivity index (χ1v) is 11.9. The van der Waals surface area contributed by atoms with E-state index in [4.69, 9.17) is 4.74 Å². The number of carbonyl (C=O) groups is 1. The number of hydrogen-bond donors (Lipinski definition) is 3. The van der Waals surface area contributed by atoms with Crippen molar-refractivity contribution in [2.45, 2.75) is 58.1 Å². The van der Waals surface area contributed by atoms with Gasteiger partial charge in [-0.15, -0.1) is 0 Å². The Morgan fingerprint density at radius 1 is 1.26 bits per heavy atom. The summed E-state index contributed by atoms with van der Waals surface area (Å²) < 4.78 is 45.6. The molecule has 0 aliphatic heterocycles. The summed E-state index contributed by atoms with van der Waals surface area (Å²) in [5.74, 6) is -1.41. The van der Waals surface area contributed by atoms with Crippen molar-refractivity contribution in [1.82, 2.24) is 4.98 Å². The highest BCUT2D eigenvalue weighted by atomic mass is 19.4. The number of ether oxygens (including phenoxy) is 1. The number of ketones is 1. The molecule has 2 saturated carbocycles. The van der Waals surface area contributed by atoms with E-state index in [0.717, 1.165) is 12.1 Å². The fraction of sp³-hybridized carbons (Fsp3) is 0.615. The lowest BCUT2D eigenvalue weighted by Crippen LogP contribution is -2.66. The van der Waals surface area contributed by atoms with Crippen LogP contribution in [0.15, 0.2) is 41.5 Å². The van der Waals surface area contributed by atoms with Crippen LogP contribution in [0.1, 0.15) is 39.8 Å². The summed E-state index contributed by atoms with van der Waals surface area (Å²) in [4.78, 5) is 17.8. The Bertz CT molecular complexity index is 1140. The van der Waals surface area contributed by atoms with Gasteiger partial charge in [-0.1, -0.05) is 39.0 Å². The van der Waals surface area contributed by atoms with E-state index in [1.807, 2.05) is 6.92 Å². The number of aromatic nitrogens is 1. The summed E-state index contributed by atoms with van der Waals surface area (Å²) in [5, 5.41) is 33.9. The number of aliphatic hydroxyl groups is 3. The molecule has 6 nitrogen and oxygen atoms in total. The van der Waals surface area contributed by atoms with Gasteiger partial charge in [0.15, 0.2) is 17.5 Å². The molecular formula is C26H30F3NO5. The minimum absolute atomic E-state index is 0.00623. The molecule has 2 fully saturated rings. The molecule has 1 aromatic rings. The topological polar surface area (TPSA) is 99.9 Å². The molecule has 8 atom stereocenters. The number of fused-ring (bicyclic) bond motifs is 3. The van der Waals surface area contributed by atoms with E-state index < -0.39 is 53.5 Å². The summed E-state index contributed by atoms with van der Waals surface area (Å²) >= 11 is 0. The van der Waals surface area contributed by atoms with E-state index in [-0.39, 0.29) is 34.5 Å². The first kappa shape index (κ1) is 24.5. The van der Waals surface area contributed by atoms with Gasteiger partial charge in [0.05, 0.1) is 12.0 Å². The van der Waals surface area contributed by atoms with Gasteiger partial charge in [-0.2, -0.15) is 13.2 Å². The third-order valence-corrected chi connectivity index (χ3v) is 9.15. The number of aliphatic hydroxyl groups excluding tert-OH is 2. The van der Waals surface area contributed by atoms with Crippen LogP contribution < -0.4 is 4.74 Å². The fourth-order valence-corrected chi connectivity index (χ4v) is 7.35. The summed E-state index contributed by atoms with van der Waals surface area (Å²) in [7, 11) is 0. The highest BCUT2D eigenvalue weighted by Gasteiger charge is 2.76. The maximum atomic E-state index is 14.3. The van der Waals surface area contributed by atoms with Crippen LogP contribution in [0.25, 0.3) is 0 Å². The summed E-state index contributed by atoms with van der Waals surface area (Å²) in [6, 6.07) is 3.19. The summed E-state index contributed by atoms with van der Waals surface area (Å²) in [6.45, 7) is 7.10. The van der Waals surface area contributed by atoms with E-state index in [2.05, 4.69) is 18.8 Å². The summed E-state index contributed by atoms with van der Waals surface area (Å²) in [6.07, 6.45) is -3.85. The van der Waals surface area contributed by atoms with Gasteiger partial charge >= 0.3 is 6.18 Å². The molecule has 9 heteroatoms. The monoisotopic (exact) mass is 493 g/mol. The van der Waals surface area contributed by atoms with Gasteiger partial charge in [0, 0.05) is 12.0 Å². The van der Waals surface area contributed by atoms with Crippen LogP contribution in [-0.4, -0.2) is 50.5 Å². The highest BCUT2D eigenvalue weighted by molar-refractivity contribution is 5.95. The number of nitrogens with zero attached hydrogens (tertiary/aromatic N) is 1. The molecular weight excluding hydrogens is 463 g/mol. The second kappa shape index (κ2) is 7.40. The molecule has 5 rings (SSSR count). The Labute approximate surface area is 201 Å². The van der Waals surface area contributed by atoms with Gasteiger partial charge in [0.1, 0.15) is 11.8 Å². The van der Waals surface area contributed by atoms with Crippen LogP contribution in [0.2, 0.25) is 0 Å². The van der Waals surface area contributed by atoms with E-state index in [0.29, 0.717) is 12.0 Å². The third kappa shape index (κ3) is 3.07. The minimum atomic E-state index is -4.69. The Morgan fingerprint density at radius 2 is 1.94 bits per heavy atom. The Kier molecular flexibility index (Phi) is 5.17. The van der Waals surface area contributed by atoms with Crippen LogP contribution in [-0.2, 0) is 11.0 Å². The van der Waals surface area contributed by atoms with E-state index in [1.165, 1.54) is 6.07 Å². The van der Waals surface area contributed by atoms with Crippen LogP contribution in [0.4, 0.5) is 13.2 Å². The predicted molar refractivity (Wildman–Crippen MR) is 119 cm³/mol. The first-order chi connectivity index (χ1) is 16.2. The number of carbonyl (C=O) groups excluding carboxylic acids is 1. The van der Waals surface area contributed by atoms with Crippen molar-refractivity contribution in [3.63, 3.8) is 0 Å². The second-order valence-electron chi connectivity index (χ2n) is 11.2. The molecule has 4 aliphatic rings. The minimum Gasteiger partial charge on any atom is -0.467 e. The van der Waals surface area contributed by atoms with Crippen molar-refractivity contribution in [1.29, 1.82) is 0 Å². The number of allylic oxidation sites excluding steroid dienone is 1. The smallest absolute Gasteiger partial charge is 0.433 e. The first-order valence-electron chi connectivity index (χ1n) is 11.9. The fourth-order valence-electron chi connectivity index (χ4n) is 7.35. The number of alkyl halides is 3. The molecule has 0 radical (unpaired) electrons. The molecule has 4 aliphatic carbocycles. The van der Waals surface area contributed by atoms with E-state index >= 15 is 0 Å². The predicted octanol–water partition coefficient (Wildman–Crippen LogP) is 3.32. The second-order valence-corrected chi connectivity index (χ2v) is 11.2. The largest absolute Gasteiger partial charge is 0.467 e. The Morgan fingerprint density at radius 3 is 2.57 bits per heavy atom. The lowest BCUT2D eigenvalue weighted by molar-refractivity contribution is -0.186. The van der Waals surface area contributed by atoms with Crippen LogP contribution >= 0.6 is 0 Å². The van der Waals surface area contributed by atoms with Gasteiger partial charge in [-0.25, -0.2) is 4.98 Å². The average Bonchev–Trinajstić information content (AvgIpc) is 3.27. The number of Topliss-reactive ketones (excluding diaryl/α,β-unsaturated/α-hetero) is 1. The zero-order chi connectivity index (χ0) is 25.7. The quantitative estimate of drug-likeness (QED) is 0.559. The molecule has 35 heavy (non-hydrogen) atoms. The molecule has 0 saturated heterocycles. The standard InChI is InChI=1S/C26H30F3NO5/c1-12-10-24-13(2)8-16-19(23(16,3)4)15(21(24)33)9-14(11-31)20(32)25(24,34)22(12)35-18-7-5-6-17(30-18)26(27,28)29/h5-7,9-10,13,15-16,19-20,22,31-32,34H,8,11H2,1-4H3/t13-,15+,16-,19+,20-,22+,24+,25+/m1/s1. The van der Waals surface area contributed by atoms with Crippen LogP contribution in [0.3, 0.4) is 0 Å². The highest BCUT2D eigenvalue weighted by Crippen LogP contribution is 2.71. The molecule has 1 heterocycles. The van der Waals surface area contributed by atoms with Crippen molar-refractivity contribution in [2.75, 3.05) is 6.61 Å². The van der Waals surface area contributed by atoms with Gasteiger partial charge in [-0.3, -0.25) is 4.79 Å². The lowest BCUT2D eigenvalue weighted by Gasteiger charge is -2.48. The van der Waals surface area contributed by atoms with E-state index in [1.54, 1.807) is 19.1 Å². The Hall–Kier alpha value is -2.23. The molecule has 3 N–H and O–H groups in total. The zero-order valence-electron chi connectivity index (χ0n) is 20.0.